The second-order valence-electron chi connectivity index (χ2n) is 4.18. The zero-order valence-electron chi connectivity index (χ0n) is 10.0. The maximum atomic E-state index is 13.6. The molecule has 0 unspecified atom stereocenters. The molecule has 0 heterocycles. The van der Waals surface area contributed by atoms with E-state index in [-0.39, 0.29) is 5.82 Å². The third-order valence-electron chi connectivity index (χ3n) is 2.67. The van der Waals surface area contributed by atoms with Crippen molar-refractivity contribution in [1.82, 2.24) is 0 Å². The molecule has 1 nitrogen and oxygen atoms in total. The number of halogens is 3. The molecule has 0 radical (unpaired) electrons. The van der Waals surface area contributed by atoms with Gasteiger partial charge < -0.3 is 4.90 Å². The Morgan fingerprint density at radius 3 is 2.33 bits per heavy atom. The van der Waals surface area contributed by atoms with Gasteiger partial charge in [-0.2, -0.15) is 0 Å². The first-order valence-electron chi connectivity index (χ1n) is 5.41. The van der Waals surface area contributed by atoms with E-state index in [1.165, 1.54) is 6.07 Å². The lowest BCUT2D eigenvalue weighted by Crippen LogP contribution is -2.10. The smallest absolute Gasteiger partial charge is 0.146 e. The quantitative estimate of drug-likeness (QED) is 0.760. The summed E-state index contributed by atoms with van der Waals surface area (Å²) in [5.74, 6) is -0.256. The second kappa shape index (κ2) is 5.17. The molecule has 4 heteroatoms. The van der Waals surface area contributed by atoms with E-state index in [1.54, 1.807) is 43.3 Å². The van der Waals surface area contributed by atoms with Crippen molar-refractivity contribution < 1.29 is 4.39 Å². The molecule has 0 bridgehead atoms. The standard InChI is InChI=1S/C14H12Cl2FN/c1-18(2)14-7-9(3-6-13(14)17)11-5-4-10(15)8-12(11)16/h3-8H,1-2H3. The Hall–Kier alpha value is -1.25. The molecule has 0 aliphatic rings. The van der Waals surface area contributed by atoms with E-state index >= 15 is 0 Å². The van der Waals surface area contributed by atoms with Gasteiger partial charge in [-0.3, -0.25) is 0 Å². The molecule has 0 N–H and O–H groups in total. The first-order valence-corrected chi connectivity index (χ1v) is 6.17. The summed E-state index contributed by atoms with van der Waals surface area (Å²) in [5.41, 5.74) is 2.23. The summed E-state index contributed by atoms with van der Waals surface area (Å²) >= 11 is 12.0. The number of hydrogen-bond acceptors (Lipinski definition) is 1. The largest absolute Gasteiger partial charge is 0.375 e. The van der Waals surface area contributed by atoms with Gasteiger partial charge in [-0.1, -0.05) is 35.3 Å². The maximum absolute atomic E-state index is 13.6. The fourth-order valence-electron chi connectivity index (χ4n) is 1.75. The van der Waals surface area contributed by atoms with E-state index in [2.05, 4.69) is 0 Å². The van der Waals surface area contributed by atoms with Crippen molar-refractivity contribution in [2.45, 2.75) is 0 Å². The lowest BCUT2D eigenvalue weighted by atomic mass is 10.0. The topological polar surface area (TPSA) is 3.24 Å². The number of anilines is 1. The average molecular weight is 284 g/mol. The third-order valence-corrected chi connectivity index (χ3v) is 3.22. The van der Waals surface area contributed by atoms with E-state index in [4.69, 9.17) is 23.2 Å². The molecule has 0 saturated heterocycles. The number of rotatable bonds is 2. The Kier molecular flexibility index (Phi) is 3.79. The van der Waals surface area contributed by atoms with Gasteiger partial charge in [0.25, 0.3) is 0 Å². The maximum Gasteiger partial charge on any atom is 0.146 e. The molecular formula is C14H12Cl2FN. The zero-order valence-corrected chi connectivity index (χ0v) is 11.6. The third kappa shape index (κ3) is 2.60. The molecule has 0 aromatic heterocycles. The predicted molar refractivity (Wildman–Crippen MR) is 76.2 cm³/mol. The molecular weight excluding hydrogens is 272 g/mol. The predicted octanol–water partition coefficient (Wildman–Crippen LogP) is 4.87. The van der Waals surface area contributed by atoms with Crippen LogP contribution >= 0.6 is 23.2 Å². The fraction of sp³-hybridized carbons (Fsp3) is 0.143. The van der Waals surface area contributed by atoms with Crippen molar-refractivity contribution >= 4 is 28.9 Å². The van der Waals surface area contributed by atoms with Gasteiger partial charge in [0.05, 0.1) is 5.69 Å². The minimum absolute atomic E-state index is 0.256. The Balaban J connectivity index is 2.54. The molecule has 18 heavy (non-hydrogen) atoms. The Morgan fingerprint density at radius 1 is 1.00 bits per heavy atom. The van der Waals surface area contributed by atoms with Crippen molar-refractivity contribution in [2.24, 2.45) is 0 Å². The molecule has 0 aliphatic heterocycles. The van der Waals surface area contributed by atoms with Crippen LogP contribution in [0, 0.1) is 5.82 Å². The molecule has 0 spiro atoms. The molecule has 94 valence electrons. The first kappa shape index (κ1) is 13.2. The molecule has 0 amide bonds. The van der Waals surface area contributed by atoms with Gasteiger partial charge in [0, 0.05) is 29.7 Å². The van der Waals surface area contributed by atoms with E-state index in [0.29, 0.717) is 15.7 Å². The summed E-state index contributed by atoms with van der Waals surface area (Å²) in [5, 5.41) is 1.14. The van der Waals surface area contributed by atoms with Gasteiger partial charge in [0.2, 0.25) is 0 Å². The molecule has 2 aromatic rings. The second-order valence-corrected chi connectivity index (χ2v) is 5.03. The van der Waals surface area contributed by atoms with Gasteiger partial charge in [0.1, 0.15) is 5.82 Å². The highest BCUT2D eigenvalue weighted by atomic mass is 35.5. The van der Waals surface area contributed by atoms with Crippen molar-refractivity contribution in [3.05, 3.63) is 52.3 Å². The number of nitrogens with zero attached hydrogens (tertiary/aromatic N) is 1. The van der Waals surface area contributed by atoms with E-state index < -0.39 is 0 Å². The highest BCUT2D eigenvalue weighted by Gasteiger charge is 2.09. The molecule has 2 aromatic carbocycles. The highest BCUT2D eigenvalue weighted by Crippen LogP contribution is 2.32. The normalized spacial score (nSPS) is 10.5. The Bertz CT molecular complexity index is 582. The van der Waals surface area contributed by atoms with Gasteiger partial charge >= 0.3 is 0 Å². The van der Waals surface area contributed by atoms with Crippen LogP contribution in [0.2, 0.25) is 10.0 Å². The lowest BCUT2D eigenvalue weighted by molar-refractivity contribution is 0.626. The monoisotopic (exact) mass is 283 g/mol. The van der Waals surface area contributed by atoms with Crippen LogP contribution in [-0.2, 0) is 0 Å². The summed E-state index contributed by atoms with van der Waals surface area (Å²) in [6.45, 7) is 0. The summed E-state index contributed by atoms with van der Waals surface area (Å²) in [6.07, 6.45) is 0. The van der Waals surface area contributed by atoms with E-state index in [0.717, 1.165) is 11.1 Å². The molecule has 0 atom stereocenters. The zero-order chi connectivity index (χ0) is 13.3. The van der Waals surface area contributed by atoms with Crippen LogP contribution < -0.4 is 4.90 Å². The van der Waals surface area contributed by atoms with Crippen LogP contribution in [0.3, 0.4) is 0 Å². The summed E-state index contributed by atoms with van der Waals surface area (Å²) < 4.78 is 13.6. The molecule has 0 saturated carbocycles. The number of benzene rings is 2. The van der Waals surface area contributed by atoms with Crippen molar-refractivity contribution in [2.75, 3.05) is 19.0 Å². The summed E-state index contributed by atoms with van der Waals surface area (Å²) in [7, 11) is 3.59. The van der Waals surface area contributed by atoms with Crippen LogP contribution in [0.25, 0.3) is 11.1 Å². The Labute approximate surface area is 116 Å². The first-order chi connectivity index (χ1) is 8.49. The van der Waals surface area contributed by atoms with Gasteiger partial charge in [-0.05, 0) is 29.8 Å². The van der Waals surface area contributed by atoms with Crippen molar-refractivity contribution in [1.29, 1.82) is 0 Å². The molecule has 0 fully saturated rings. The minimum atomic E-state index is -0.256. The fourth-order valence-corrected chi connectivity index (χ4v) is 2.26. The number of hydrogen-bond donors (Lipinski definition) is 0. The molecule has 0 aliphatic carbocycles. The van der Waals surface area contributed by atoms with Crippen LogP contribution in [0.4, 0.5) is 10.1 Å². The average Bonchev–Trinajstić information content (AvgIpc) is 2.30. The van der Waals surface area contributed by atoms with Gasteiger partial charge in [0.15, 0.2) is 0 Å². The van der Waals surface area contributed by atoms with Crippen LogP contribution in [-0.4, -0.2) is 14.1 Å². The summed E-state index contributed by atoms with van der Waals surface area (Å²) in [6, 6.07) is 10.2. The van der Waals surface area contributed by atoms with Gasteiger partial charge in [-0.15, -0.1) is 0 Å². The van der Waals surface area contributed by atoms with Gasteiger partial charge in [-0.25, -0.2) is 4.39 Å². The Morgan fingerprint density at radius 2 is 1.72 bits per heavy atom. The lowest BCUT2D eigenvalue weighted by Gasteiger charge is -2.15. The van der Waals surface area contributed by atoms with E-state index in [9.17, 15) is 4.39 Å². The van der Waals surface area contributed by atoms with Crippen LogP contribution in [0.1, 0.15) is 0 Å². The summed E-state index contributed by atoms with van der Waals surface area (Å²) in [4.78, 5) is 1.72. The van der Waals surface area contributed by atoms with Crippen LogP contribution in [0.5, 0.6) is 0 Å². The SMILES string of the molecule is CN(C)c1cc(-c2ccc(Cl)cc2Cl)ccc1F. The molecule has 2 rings (SSSR count). The minimum Gasteiger partial charge on any atom is -0.375 e. The van der Waals surface area contributed by atoms with Crippen molar-refractivity contribution in [3.8, 4) is 11.1 Å². The van der Waals surface area contributed by atoms with Crippen LogP contribution in [0.15, 0.2) is 36.4 Å². The van der Waals surface area contributed by atoms with Crippen molar-refractivity contribution in [3.63, 3.8) is 0 Å². The highest BCUT2D eigenvalue weighted by molar-refractivity contribution is 6.36. The van der Waals surface area contributed by atoms with E-state index in [1.807, 2.05) is 6.07 Å².